The summed E-state index contributed by atoms with van der Waals surface area (Å²) in [5.41, 5.74) is -0.506. The molecule has 1 amide bonds. The van der Waals surface area contributed by atoms with Crippen LogP contribution in [0.15, 0.2) is 23.9 Å². The fraction of sp³-hybridized carbons (Fsp3) is 0.667. The van der Waals surface area contributed by atoms with E-state index in [0.29, 0.717) is 6.42 Å². The highest BCUT2D eigenvalue weighted by Crippen LogP contribution is 2.08. The predicted molar refractivity (Wildman–Crippen MR) is 92.0 cm³/mol. The lowest BCUT2D eigenvalue weighted by atomic mass is 10.2. The largest absolute Gasteiger partial charge is 0.464 e. The molecule has 0 aromatic heterocycles. The predicted octanol–water partition coefficient (Wildman–Crippen LogP) is 4.48. The normalized spacial score (nSPS) is 12.3. The van der Waals surface area contributed by atoms with E-state index in [-0.39, 0.29) is 5.70 Å². The van der Waals surface area contributed by atoms with Gasteiger partial charge in [-0.1, -0.05) is 38.0 Å². The van der Waals surface area contributed by atoms with Crippen molar-refractivity contribution in [3.05, 3.63) is 23.9 Å². The number of allylic oxidation sites excluding steroid dienone is 3. The molecule has 0 aliphatic carbocycles. The Balaban J connectivity index is 4.38. The lowest BCUT2D eigenvalue weighted by Gasteiger charge is -2.20. The van der Waals surface area contributed by atoms with E-state index in [1.807, 2.05) is 0 Å². The maximum atomic E-state index is 11.7. The van der Waals surface area contributed by atoms with Crippen molar-refractivity contribution < 1.29 is 19.1 Å². The highest BCUT2D eigenvalue weighted by molar-refractivity contribution is 5.92. The minimum Gasteiger partial charge on any atom is -0.464 e. The van der Waals surface area contributed by atoms with E-state index in [2.05, 4.69) is 29.1 Å². The molecule has 132 valence electrons. The van der Waals surface area contributed by atoms with E-state index in [0.717, 1.165) is 12.8 Å². The smallest absolute Gasteiger partial charge is 0.412 e. The zero-order valence-corrected chi connectivity index (χ0v) is 15.1. The van der Waals surface area contributed by atoms with Gasteiger partial charge in [-0.3, -0.25) is 5.32 Å². The Hall–Kier alpha value is -1.78. The summed E-state index contributed by atoms with van der Waals surface area (Å²) in [6.45, 7) is 7.47. The van der Waals surface area contributed by atoms with Gasteiger partial charge in [-0.05, 0) is 46.5 Å². The van der Waals surface area contributed by atoms with Gasteiger partial charge in [0.2, 0.25) is 0 Å². The highest BCUT2D eigenvalue weighted by Gasteiger charge is 2.19. The van der Waals surface area contributed by atoms with Crippen molar-refractivity contribution in [3.8, 4) is 0 Å². The highest BCUT2D eigenvalue weighted by atomic mass is 16.6. The lowest BCUT2D eigenvalue weighted by Crippen LogP contribution is -2.34. The van der Waals surface area contributed by atoms with Crippen LogP contribution in [0.25, 0.3) is 0 Å². The number of esters is 1. The van der Waals surface area contributed by atoms with Crippen LogP contribution in [0.3, 0.4) is 0 Å². The van der Waals surface area contributed by atoms with E-state index in [9.17, 15) is 9.59 Å². The van der Waals surface area contributed by atoms with E-state index in [1.165, 1.54) is 26.4 Å². The Kier molecular flexibility index (Phi) is 10.8. The minimum atomic E-state index is -0.663. The van der Waals surface area contributed by atoms with Crippen molar-refractivity contribution in [2.45, 2.75) is 71.8 Å². The average Bonchev–Trinajstić information content (AvgIpc) is 2.46. The zero-order valence-electron chi connectivity index (χ0n) is 15.1. The van der Waals surface area contributed by atoms with Gasteiger partial charge in [0.1, 0.15) is 11.3 Å². The molecule has 23 heavy (non-hydrogen) atoms. The van der Waals surface area contributed by atoms with Crippen molar-refractivity contribution >= 4 is 12.1 Å². The molecule has 0 heterocycles. The third-order valence-corrected chi connectivity index (χ3v) is 2.86. The number of hydrogen-bond donors (Lipinski definition) is 1. The van der Waals surface area contributed by atoms with Gasteiger partial charge in [-0.15, -0.1) is 0 Å². The second kappa shape index (κ2) is 11.7. The maximum Gasteiger partial charge on any atom is 0.412 e. The zero-order chi connectivity index (χ0) is 17.7. The molecule has 0 saturated heterocycles. The van der Waals surface area contributed by atoms with Gasteiger partial charge in [0.25, 0.3) is 0 Å². The summed E-state index contributed by atoms with van der Waals surface area (Å²) in [5.74, 6) is -0.581. The number of amides is 1. The van der Waals surface area contributed by atoms with Crippen LogP contribution in [-0.4, -0.2) is 24.8 Å². The first-order valence-corrected chi connectivity index (χ1v) is 8.23. The lowest BCUT2D eigenvalue weighted by molar-refractivity contribution is -0.136. The monoisotopic (exact) mass is 325 g/mol. The first-order chi connectivity index (χ1) is 10.8. The molecule has 0 fully saturated rings. The SMILES string of the molecule is CCCCC/C=C/CC/C=C(\NC(=O)OC(C)(C)C)C(=O)OC. The van der Waals surface area contributed by atoms with Crippen molar-refractivity contribution in [2.75, 3.05) is 7.11 Å². The summed E-state index contributed by atoms with van der Waals surface area (Å²) in [6, 6.07) is 0. The Bertz CT molecular complexity index is 419. The van der Waals surface area contributed by atoms with Crippen LogP contribution in [0.4, 0.5) is 4.79 Å². The Morgan fingerprint density at radius 1 is 1.04 bits per heavy atom. The Labute approximate surface area is 140 Å². The third kappa shape index (κ3) is 12.4. The van der Waals surface area contributed by atoms with E-state index in [4.69, 9.17) is 4.74 Å². The second-order valence-corrected chi connectivity index (χ2v) is 6.28. The number of hydrogen-bond acceptors (Lipinski definition) is 4. The fourth-order valence-electron chi connectivity index (χ4n) is 1.78. The number of carbonyl (C=O) groups excluding carboxylic acids is 2. The van der Waals surface area contributed by atoms with Crippen molar-refractivity contribution in [3.63, 3.8) is 0 Å². The quantitative estimate of drug-likeness (QED) is 0.294. The van der Waals surface area contributed by atoms with Crippen LogP contribution < -0.4 is 5.32 Å². The molecule has 0 bridgehead atoms. The standard InChI is InChI=1S/C18H31NO4/c1-6-7-8-9-10-11-12-13-14-15(16(20)22-5)19-17(21)23-18(2,3)4/h10-11,14H,6-9,12-13H2,1-5H3,(H,19,21)/b11-10+,15-14-. The van der Waals surface area contributed by atoms with Crippen molar-refractivity contribution in [2.24, 2.45) is 0 Å². The number of nitrogens with one attached hydrogen (secondary N) is 1. The number of unbranched alkanes of at least 4 members (excludes halogenated alkanes) is 4. The number of carbonyl (C=O) groups is 2. The molecule has 0 rings (SSSR count). The molecule has 0 aromatic rings. The van der Waals surface area contributed by atoms with Gasteiger partial charge in [0.15, 0.2) is 0 Å². The third-order valence-electron chi connectivity index (χ3n) is 2.86. The van der Waals surface area contributed by atoms with Crippen LogP contribution in [0.5, 0.6) is 0 Å². The number of methoxy groups -OCH3 is 1. The van der Waals surface area contributed by atoms with Gasteiger partial charge in [0, 0.05) is 0 Å². The van der Waals surface area contributed by atoms with Crippen molar-refractivity contribution in [1.82, 2.24) is 5.32 Å². The van der Waals surface area contributed by atoms with E-state index >= 15 is 0 Å². The number of rotatable bonds is 9. The molecule has 0 aliphatic rings. The summed E-state index contributed by atoms with van der Waals surface area (Å²) in [7, 11) is 1.28. The maximum absolute atomic E-state index is 11.7. The molecule has 0 saturated carbocycles. The molecule has 0 radical (unpaired) electrons. The minimum absolute atomic E-state index is 0.112. The van der Waals surface area contributed by atoms with Crippen LogP contribution >= 0.6 is 0 Å². The summed E-state index contributed by atoms with van der Waals surface area (Å²) in [4.78, 5) is 23.4. The first-order valence-electron chi connectivity index (χ1n) is 8.23. The summed E-state index contributed by atoms with van der Waals surface area (Å²) < 4.78 is 9.80. The van der Waals surface area contributed by atoms with E-state index < -0.39 is 17.7 Å². The Morgan fingerprint density at radius 3 is 2.26 bits per heavy atom. The second-order valence-electron chi connectivity index (χ2n) is 6.28. The van der Waals surface area contributed by atoms with Gasteiger partial charge in [-0.2, -0.15) is 0 Å². The van der Waals surface area contributed by atoms with Gasteiger partial charge < -0.3 is 9.47 Å². The molecule has 0 spiro atoms. The summed E-state index contributed by atoms with van der Waals surface area (Å²) in [6.07, 6.45) is 11.4. The van der Waals surface area contributed by atoms with E-state index in [1.54, 1.807) is 26.8 Å². The van der Waals surface area contributed by atoms with Crippen LogP contribution in [-0.2, 0) is 14.3 Å². The number of alkyl carbamates (subject to hydrolysis) is 1. The van der Waals surface area contributed by atoms with Gasteiger partial charge >= 0.3 is 12.1 Å². The molecule has 1 N–H and O–H groups in total. The Morgan fingerprint density at radius 2 is 1.70 bits per heavy atom. The molecular formula is C18H31NO4. The molecule has 5 heteroatoms. The fourth-order valence-corrected chi connectivity index (χ4v) is 1.78. The number of ether oxygens (including phenoxy) is 2. The van der Waals surface area contributed by atoms with Crippen LogP contribution in [0, 0.1) is 0 Å². The molecule has 5 nitrogen and oxygen atoms in total. The first kappa shape index (κ1) is 21.2. The molecule has 0 aliphatic heterocycles. The van der Waals surface area contributed by atoms with Crippen molar-refractivity contribution in [1.29, 1.82) is 0 Å². The van der Waals surface area contributed by atoms with Gasteiger partial charge in [0.05, 0.1) is 7.11 Å². The topological polar surface area (TPSA) is 64.6 Å². The summed E-state index contributed by atoms with van der Waals surface area (Å²) in [5, 5.41) is 2.44. The van der Waals surface area contributed by atoms with Crippen LogP contribution in [0.1, 0.15) is 66.2 Å². The van der Waals surface area contributed by atoms with Gasteiger partial charge in [-0.25, -0.2) is 9.59 Å². The molecule has 0 atom stereocenters. The molecule has 0 aromatic carbocycles. The molecular weight excluding hydrogens is 294 g/mol. The average molecular weight is 325 g/mol. The van der Waals surface area contributed by atoms with Crippen LogP contribution in [0.2, 0.25) is 0 Å². The molecule has 0 unspecified atom stereocenters. The summed E-state index contributed by atoms with van der Waals surface area (Å²) >= 11 is 0.